The quantitative estimate of drug-likeness (QED) is 0.803. The number of carbonyl (C=O) groups is 1. The number of nitrogens with zero attached hydrogens (tertiary/aromatic N) is 1. The van der Waals surface area contributed by atoms with Gasteiger partial charge in [-0.15, -0.1) is 0 Å². The van der Waals surface area contributed by atoms with Crippen molar-refractivity contribution >= 4 is 17.4 Å². The van der Waals surface area contributed by atoms with Gasteiger partial charge < -0.3 is 5.32 Å². The second-order valence-corrected chi connectivity index (χ2v) is 4.15. The van der Waals surface area contributed by atoms with Crippen molar-refractivity contribution in [3.05, 3.63) is 17.1 Å². The topological polar surface area (TPSA) is 42.0 Å². The molecule has 13 heavy (non-hydrogen) atoms. The van der Waals surface area contributed by atoms with Crippen LogP contribution in [-0.2, 0) is 0 Å². The highest BCUT2D eigenvalue weighted by Gasteiger charge is 2.05. The number of hydrogen-bond donors (Lipinski definition) is 1. The average molecular weight is 198 g/mol. The first kappa shape index (κ1) is 10.2. The predicted octanol–water partition coefficient (Wildman–Crippen LogP) is 1.92. The number of hydrogen-bond acceptors (Lipinski definition) is 3. The Bertz CT molecular complexity index is 257. The van der Waals surface area contributed by atoms with Crippen molar-refractivity contribution in [1.82, 2.24) is 9.69 Å². The van der Waals surface area contributed by atoms with Gasteiger partial charge in [-0.05, 0) is 29.9 Å². The fourth-order valence-corrected chi connectivity index (χ4v) is 1.41. The number of amides is 1. The molecule has 4 heteroatoms. The van der Waals surface area contributed by atoms with Gasteiger partial charge in [-0.3, -0.25) is 4.79 Å². The van der Waals surface area contributed by atoms with E-state index in [0.717, 1.165) is 13.0 Å². The lowest BCUT2D eigenvalue weighted by Gasteiger charge is -2.04. The minimum atomic E-state index is -0.0110. The fourth-order valence-electron chi connectivity index (χ4n) is 0.894. The zero-order valence-electron chi connectivity index (χ0n) is 7.91. The molecule has 1 rings (SSSR count). The van der Waals surface area contributed by atoms with E-state index in [1.54, 1.807) is 12.3 Å². The summed E-state index contributed by atoms with van der Waals surface area (Å²) in [4.78, 5) is 12.0. The Morgan fingerprint density at radius 2 is 2.46 bits per heavy atom. The van der Waals surface area contributed by atoms with E-state index in [1.165, 1.54) is 11.5 Å². The van der Waals surface area contributed by atoms with Gasteiger partial charge in [0.05, 0.1) is 0 Å². The average Bonchev–Trinajstić information content (AvgIpc) is 2.55. The van der Waals surface area contributed by atoms with Crippen LogP contribution in [0.3, 0.4) is 0 Å². The zero-order chi connectivity index (χ0) is 9.68. The lowest BCUT2D eigenvalue weighted by Crippen LogP contribution is -2.24. The number of rotatable bonds is 4. The summed E-state index contributed by atoms with van der Waals surface area (Å²) in [5.74, 6) is 0.616. The lowest BCUT2D eigenvalue weighted by molar-refractivity contribution is 0.0956. The van der Waals surface area contributed by atoms with Gasteiger partial charge in [-0.1, -0.05) is 13.8 Å². The van der Waals surface area contributed by atoms with Crippen LogP contribution in [0.5, 0.6) is 0 Å². The maximum atomic E-state index is 11.3. The maximum absolute atomic E-state index is 11.3. The molecule has 0 spiro atoms. The first-order chi connectivity index (χ1) is 6.20. The van der Waals surface area contributed by atoms with Crippen molar-refractivity contribution < 1.29 is 4.79 Å². The molecule has 0 saturated carbocycles. The van der Waals surface area contributed by atoms with Crippen LogP contribution in [0.2, 0.25) is 0 Å². The van der Waals surface area contributed by atoms with Gasteiger partial charge in [-0.25, -0.2) is 4.37 Å². The molecular formula is C9H14N2OS. The highest BCUT2D eigenvalue weighted by molar-refractivity contribution is 7.08. The Kier molecular flexibility index (Phi) is 3.89. The molecule has 0 saturated heterocycles. The SMILES string of the molecule is CC(C)CCNC(=O)c1ccns1. The van der Waals surface area contributed by atoms with E-state index in [-0.39, 0.29) is 5.91 Å². The summed E-state index contributed by atoms with van der Waals surface area (Å²) < 4.78 is 3.87. The number of aromatic nitrogens is 1. The van der Waals surface area contributed by atoms with Crippen molar-refractivity contribution in [3.63, 3.8) is 0 Å². The molecule has 1 heterocycles. The molecule has 0 fully saturated rings. The number of nitrogens with one attached hydrogen (secondary N) is 1. The second-order valence-electron chi connectivity index (χ2n) is 3.32. The van der Waals surface area contributed by atoms with Crippen LogP contribution in [0.15, 0.2) is 12.3 Å². The minimum Gasteiger partial charge on any atom is -0.351 e. The first-order valence-corrected chi connectivity index (χ1v) is 5.16. The van der Waals surface area contributed by atoms with E-state index in [1.807, 2.05) is 0 Å². The van der Waals surface area contributed by atoms with Crippen LogP contribution in [0.1, 0.15) is 29.9 Å². The van der Waals surface area contributed by atoms with Crippen LogP contribution in [0, 0.1) is 5.92 Å². The highest BCUT2D eigenvalue weighted by atomic mass is 32.1. The molecule has 0 aliphatic rings. The van der Waals surface area contributed by atoms with Crippen LogP contribution in [0.25, 0.3) is 0 Å². The highest BCUT2D eigenvalue weighted by Crippen LogP contribution is 2.04. The van der Waals surface area contributed by atoms with E-state index in [0.29, 0.717) is 10.8 Å². The van der Waals surface area contributed by atoms with E-state index >= 15 is 0 Å². The van der Waals surface area contributed by atoms with E-state index in [9.17, 15) is 4.79 Å². The molecule has 0 atom stereocenters. The Labute approximate surface area is 82.3 Å². The third kappa shape index (κ3) is 3.55. The van der Waals surface area contributed by atoms with E-state index in [4.69, 9.17) is 0 Å². The Balaban J connectivity index is 2.27. The van der Waals surface area contributed by atoms with Gasteiger partial charge in [-0.2, -0.15) is 0 Å². The third-order valence-corrected chi connectivity index (χ3v) is 2.41. The van der Waals surface area contributed by atoms with Gasteiger partial charge in [0, 0.05) is 12.7 Å². The molecule has 0 unspecified atom stereocenters. The summed E-state index contributed by atoms with van der Waals surface area (Å²) in [6.45, 7) is 5.02. The smallest absolute Gasteiger partial charge is 0.262 e. The molecule has 1 amide bonds. The summed E-state index contributed by atoms with van der Waals surface area (Å²) in [5, 5.41) is 2.85. The molecular weight excluding hydrogens is 184 g/mol. The summed E-state index contributed by atoms with van der Waals surface area (Å²) in [6.07, 6.45) is 2.66. The molecule has 0 aromatic carbocycles. The molecule has 0 radical (unpaired) electrons. The van der Waals surface area contributed by atoms with Gasteiger partial charge in [0.25, 0.3) is 5.91 Å². The zero-order valence-corrected chi connectivity index (χ0v) is 8.73. The molecule has 1 N–H and O–H groups in total. The molecule has 0 bridgehead atoms. The summed E-state index contributed by atoms with van der Waals surface area (Å²) in [6, 6.07) is 1.73. The van der Waals surface area contributed by atoms with Crippen LogP contribution in [0.4, 0.5) is 0 Å². The molecule has 0 aliphatic heterocycles. The standard InChI is InChI=1S/C9H14N2OS/c1-7(2)3-5-10-9(12)8-4-6-11-13-8/h4,6-7H,3,5H2,1-2H3,(H,10,12). The van der Waals surface area contributed by atoms with E-state index in [2.05, 4.69) is 23.5 Å². The Hall–Kier alpha value is -0.900. The molecule has 1 aromatic heterocycles. The molecule has 3 nitrogen and oxygen atoms in total. The molecule has 0 aliphatic carbocycles. The summed E-state index contributed by atoms with van der Waals surface area (Å²) in [7, 11) is 0. The van der Waals surface area contributed by atoms with Crippen LogP contribution in [-0.4, -0.2) is 16.8 Å². The van der Waals surface area contributed by atoms with Gasteiger partial charge >= 0.3 is 0 Å². The van der Waals surface area contributed by atoms with Gasteiger partial charge in [0.2, 0.25) is 0 Å². The Morgan fingerprint density at radius 3 is 3.00 bits per heavy atom. The van der Waals surface area contributed by atoms with Crippen molar-refractivity contribution in [1.29, 1.82) is 0 Å². The monoisotopic (exact) mass is 198 g/mol. The van der Waals surface area contributed by atoms with E-state index < -0.39 is 0 Å². The van der Waals surface area contributed by atoms with Crippen LogP contribution < -0.4 is 5.32 Å². The summed E-state index contributed by atoms with van der Waals surface area (Å²) >= 11 is 1.23. The van der Waals surface area contributed by atoms with Crippen molar-refractivity contribution in [3.8, 4) is 0 Å². The molecule has 1 aromatic rings. The maximum Gasteiger partial charge on any atom is 0.262 e. The van der Waals surface area contributed by atoms with Crippen LogP contribution >= 0.6 is 11.5 Å². The third-order valence-electron chi connectivity index (χ3n) is 1.67. The normalized spacial score (nSPS) is 10.4. The van der Waals surface area contributed by atoms with Crippen molar-refractivity contribution in [2.24, 2.45) is 5.92 Å². The second kappa shape index (κ2) is 4.97. The predicted molar refractivity (Wildman–Crippen MR) is 53.9 cm³/mol. The first-order valence-electron chi connectivity index (χ1n) is 4.39. The van der Waals surface area contributed by atoms with Crippen molar-refractivity contribution in [2.75, 3.05) is 6.54 Å². The Morgan fingerprint density at radius 1 is 1.69 bits per heavy atom. The molecule has 72 valence electrons. The fraction of sp³-hybridized carbons (Fsp3) is 0.556. The lowest BCUT2D eigenvalue weighted by atomic mass is 10.1. The number of carbonyl (C=O) groups excluding carboxylic acids is 1. The van der Waals surface area contributed by atoms with Crippen molar-refractivity contribution in [2.45, 2.75) is 20.3 Å². The summed E-state index contributed by atoms with van der Waals surface area (Å²) in [5.41, 5.74) is 0. The van der Waals surface area contributed by atoms with Gasteiger partial charge in [0.15, 0.2) is 0 Å². The van der Waals surface area contributed by atoms with Gasteiger partial charge in [0.1, 0.15) is 4.88 Å². The largest absolute Gasteiger partial charge is 0.351 e. The minimum absolute atomic E-state index is 0.0110.